The lowest BCUT2D eigenvalue weighted by molar-refractivity contribution is -0.118. The number of hydrogen-bond acceptors (Lipinski definition) is 4. The van der Waals surface area contributed by atoms with Crippen molar-refractivity contribution in [3.8, 4) is 11.1 Å². The van der Waals surface area contributed by atoms with Crippen LogP contribution in [0.1, 0.15) is 63.4 Å². The molecule has 0 saturated heterocycles. The second-order valence-corrected chi connectivity index (χ2v) is 8.66. The molecular weight excluding hydrogens is 450 g/mol. The van der Waals surface area contributed by atoms with E-state index in [4.69, 9.17) is 9.51 Å². The number of aromatic nitrogens is 3. The molecule has 0 aliphatic rings. The molecule has 2 heterocycles. The summed E-state index contributed by atoms with van der Waals surface area (Å²) in [6, 6.07) is 9.18. The number of nitrogens with zero attached hydrogens (tertiary/aromatic N) is 4. The van der Waals surface area contributed by atoms with Crippen LogP contribution in [0.4, 0.5) is 14.5 Å². The van der Waals surface area contributed by atoms with Crippen LogP contribution < -0.4 is 4.90 Å². The van der Waals surface area contributed by atoms with E-state index < -0.39 is 17.7 Å². The predicted octanol–water partition coefficient (Wildman–Crippen LogP) is 6.89. The summed E-state index contributed by atoms with van der Waals surface area (Å²) in [5.41, 5.74) is 4.75. The van der Waals surface area contributed by atoms with Crippen LogP contribution in [0.3, 0.4) is 0 Å². The average Bonchev–Trinajstić information content (AvgIpc) is 3.37. The van der Waals surface area contributed by atoms with Crippen LogP contribution in [0.2, 0.25) is 0 Å². The molecule has 0 spiro atoms. The highest BCUT2D eigenvalue weighted by molar-refractivity contribution is 5.94. The topological polar surface area (TPSA) is 64.2 Å². The number of carbonyl (C=O) groups excluding carboxylic acids is 1. The molecule has 0 fully saturated rings. The lowest BCUT2D eigenvalue weighted by atomic mass is 10.0. The molecular formula is C27H30F2N4O2. The molecule has 8 heteroatoms. The normalized spacial score (nSPS) is 12.3. The smallest absolute Gasteiger partial charge is 0.227 e. The van der Waals surface area contributed by atoms with E-state index in [2.05, 4.69) is 16.6 Å². The Labute approximate surface area is 203 Å². The van der Waals surface area contributed by atoms with Gasteiger partial charge < -0.3 is 14.0 Å². The maximum absolute atomic E-state index is 14.1. The van der Waals surface area contributed by atoms with Crippen molar-refractivity contribution in [2.24, 2.45) is 0 Å². The number of hydrogen-bond donors (Lipinski definition) is 0. The van der Waals surface area contributed by atoms with E-state index in [0.717, 1.165) is 52.2 Å². The molecule has 4 aromatic rings. The zero-order valence-corrected chi connectivity index (χ0v) is 20.7. The number of anilines is 1. The van der Waals surface area contributed by atoms with E-state index in [9.17, 15) is 13.6 Å². The zero-order valence-electron chi connectivity index (χ0n) is 20.7. The van der Waals surface area contributed by atoms with Gasteiger partial charge >= 0.3 is 0 Å². The van der Waals surface area contributed by atoms with Crippen LogP contribution >= 0.6 is 0 Å². The highest BCUT2D eigenvalue weighted by atomic mass is 19.2. The van der Waals surface area contributed by atoms with Crippen LogP contribution in [0, 0.1) is 25.5 Å². The summed E-state index contributed by atoms with van der Waals surface area (Å²) in [7, 11) is 0. The van der Waals surface area contributed by atoms with Crippen molar-refractivity contribution in [2.75, 3.05) is 4.90 Å². The minimum atomic E-state index is -0.988. The summed E-state index contributed by atoms with van der Waals surface area (Å²) < 4.78 is 35.3. The van der Waals surface area contributed by atoms with Gasteiger partial charge in [-0.1, -0.05) is 32.0 Å². The Balaban J connectivity index is 1.89. The van der Waals surface area contributed by atoms with Gasteiger partial charge in [-0.3, -0.25) is 4.79 Å². The van der Waals surface area contributed by atoms with Gasteiger partial charge in [0.05, 0.1) is 22.8 Å². The highest BCUT2D eigenvalue weighted by Crippen LogP contribution is 2.35. The number of rotatable bonds is 8. The summed E-state index contributed by atoms with van der Waals surface area (Å²) in [5, 5.41) is 4.06. The standard InChI is InChI=1S/C27H30F2N4O2/c1-6-13-32-24-12-9-18(26-16(4)31-35-17(26)5)14-22(24)30-27(32)23(7-2)33(25(34)8-3)19-10-11-20(28)21(29)15-19/h9-12,14-15,23H,6-8,13H2,1-5H3. The van der Waals surface area contributed by atoms with Crippen LogP contribution in [-0.2, 0) is 11.3 Å². The Bertz CT molecular complexity index is 1360. The number of aryl methyl sites for hydroxylation is 3. The molecule has 184 valence electrons. The second kappa shape index (κ2) is 9.98. The first-order chi connectivity index (χ1) is 16.8. The van der Waals surface area contributed by atoms with E-state index in [-0.39, 0.29) is 12.3 Å². The third kappa shape index (κ3) is 4.45. The predicted molar refractivity (Wildman–Crippen MR) is 132 cm³/mol. The quantitative estimate of drug-likeness (QED) is 0.275. The van der Waals surface area contributed by atoms with Gasteiger partial charge in [0.1, 0.15) is 11.6 Å². The molecule has 4 rings (SSSR count). The average molecular weight is 481 g/mol. The van der Waals surface area contributed by atoms with Crippen molar-refractivity contribution >= 4 is 22.6 Å². The van der Waals surface area contributed by atoms with Crippen molar-refractivity contribution in [3.63, 3.8) is 0 Å². The molecule has 2 aromatic carbocycles. The number of amides is 1. The van der Waals surface area contributed by atoms with Gasteiger partial charge in [0.25, 0.3) is 0 Å². The summed E-state index contributed by atoms with van der Waals surface area (Å²) in [4.78, 5) is 19.6. The molecule has 6 nitrogen and oxygen atoms in total. The van der Waals surface area contributed by atoms with Crippen molar-refractivity contribution in [2.45, 2.75) is 66.5 Å². The molecule has 0 aliphatic carbocycles. The largest absolute Gasteiger partial charge is 0.361 e. The number of halogens is 2. The second-order valence-electron chi connectivity index (χ2n) is 8.66. The SMILES string of the molecule is CCCn1c(C(CC)N(C(=O)CC)c2ccc(F)c(F)c2)nc2cc(-c3c(C)noc3C)ccc21. The molecule has 0 saturated carbocycles. The molecule has 35 heavy (non-hydrogen) atoms. The van der Waals surface area contributed by atoms with E-state index in [1.165, 1.54) is 6.07 Å². The fraction of sp³-hybridized carbons (Fsp3) is 0.370. The molecule has 0 bridgehead atoms. The molecule has 1 amide bonds. The first kappa shape index (κ1) is 24.6. The summed E-state index contributed by atoms with van der Waals surface area (Å²) in [6.07, 6.45) is 1.64. The van der Waals surface area contributed by atoms with Crippen molar-refractivity contribution < 1.29 is 18.1 Å². The van der Waals surface area contributed by atoms with Crippen LogP contribution in [0.5, 0.6) is 0 Å². The lowest BCUT2D eigenvalue weighted by Crippen LogP contribution is -2.36. The van der Waals surface area contributed by atoms with Gasteiger partial charge in [-0.2, -0.15) is 0 Å². The van der Waals surface area contributed by atoms with Crippen LogP contribution in [0.25, 0.3) is 22.2 Å². The molecule has 0 N–H and O–H groups in total. The minimum Gasteiger partial charge on any atom is -0.361 e. The van der Waals surface area contributed by atoms with Gasteiger partial charge in [0.2, 0.25) is 5.91 Å². The van der Waals surface area contributed by atoms with E-state index in [0.29, 0.717) is 24.5 Å². The fourth-order valence-corrected chi connectivity index (χ4v) is 4.70. The monoisotopic (exact) mass is 480 g/mol. The van der Waals surface area contributed by atoms with Gasteiger partial charge in [0.15, 0.2) is 11.6 Å². The first-order valence-corrected chi connectivity index (χ1v) is 12.0. The summed E-state index contributed by atoms with van der Waals surface area (Å²) in [5.74, 6) is -0.672. The number of imidazole rings is 1. The third-order valence-corrected chi connectivity index (χ3v) is 6.30. The van der Waals surface area contributed by atoms with Gasteiger partial charge in [0, 0.05) is 30.3 Å². The summed E-state index contributed by atoms with van der Waals surface area (Å²) >= 11 is 0. The highest BCUT2D eigenvalue weighted by Gasteiger charge is 2.30. The maximum Gasteiger partial charge on any atom is 0.227 e. The van der Waals surface area contributed by atoms with Crippen LogP contribution in [-0.4, -0.2) is 20.6 Å². The molecule has 0 aliphatic heterocycles. The van der Waals surface area contributed by atoms with Crippen molar-refractivity contribution in [1.82, 2.24) is 14.7 Å². The van der Waals surface area contributed by atoms with E-state index in [1.54, 1.807) is 11.8 Å². The fourth-order valence-electron chi connectivity index (χ4n) is 4.70. The number of carbonyl (C=O) groups is 1. The number of benzene rings is 2. The third-order valence-electron chi connectivity index (χ3n) is 6.30. The Hall–Kier alpha value is -3.55. The number of fused-ring (bicyclic) bond motifs is 1. The van der Waals surface area contributed by atoms with Crippen molar-refractivity contribution in [3.05, 3.63) is 65.3 Å². The van der Waals surface area contributed by atoms with Gasteiger partial charge in [-0.15, -0.1) is 0 Å². The summed E-state index contributed by atoms with van der Waals surface area (Å²) in [6.45, 7) is 10.3. The van der Waals surface area contributed by atoms with E-state index in [1.807, 2.05) is 39.0 Å². The molecule has 1 atom stereocenters. The van der Waals surface area contributed by atoms with E-state index >= 15 is 0 Å². The lowest BCUT2D eigenvalue weighted by Gasteiger charge is -2.31. The van der Waals surface area contributed by atoms with Gasteiger partial charge in [-0.25, -0.2) is 13.8 Å². The molecule has 0 radical (unpaired) electrons. The Morgan fingerprint density at radius 2 is 1.86 bits per heavy atom. The Morgan fingerprint density at radius 3 is 2.46 bits per heavy atom. The Kier molecular flexibility index (Phi) is 7.00. The minimum absolute atomic E-state index is 0.186. The molecule has 1 unspecified atom stereocenters. The maximum atomic E-state index is 14.1. The van der Waals surface area contributed by atoms with Crippen LogP contribution in [0.15, 0.2) is 40.9 Å². The zero-order chi connectivity index (χ0) is 25.3. The van der Waals surface area contributed by atoms with Gasteiger partial charge in [-0.05, 0) is 56.5 Å². The molecule has 2 aromatic heterocycles. The Morgan fingerprint density at radius 1 is 1.09 bits per heavy atom. The first-order valence-electron chi connectivity index (χ1n) is 12.0. The van der Waals surface area contributed by atoms with Crippen molar-refractivity contribution in [1.29, 1.82) is 0 Å².